The summed E-state index contributed by atoms with van der Waals surface area (Å²) in [6.07, 6.45) is 15.1. The van der Waals surface area contributed by atoms with E-state index in [-0.39, 0.29) is 11.9 Å². The number of carbonyl (C=O) groups excluding carboxylic acids is 2. The van der Waals surface area contributed by atoms with E-state index in [1.54, 1.807) is 13.8 Å². The van der Waals surface area contributed by atoms with Gasteiger partial charge < -0.3 is 9.47 Å². The van der Waals surface area contributed by atoms with Crippen LogP contribution in [-0.2, 0) is 19.1 Å². The Balaban J connectivity index is 4.91. The summed E-state index contributed by atoms with van der Waals surface area (Å²) in [6.45, 7) is 8.64. The van der Waals surface area contributed by atoms with Gasteiger partial charge in [0.2, 0.25) is 0 Å². The molecule has 0 aliphatic heterocycles. The first kappa shape index (κ1) is 26.7. The van der Waals surface area contributed by atoms with Gasteiger partial charge in [0, 0.05) is 11.1 Å². The summed E-state index contributed by atoms with van der Waals surface area (Å²) in [4.78, 5) is 25.0. The van der Waals surface area contributed by atoms with Crippen LogP contribution in [0.25, 0.3) is 0 Å². The van der Waals surface area contributed by atoms with E-state index in [2.05, 4.69) is 13.8 Å². The van der Waals surface area contributed by atoms with Crippen LogP contribution in [-0.4, -0.2) is 25.2 Å². The van der Waals surface area contributed by atoms with Gasteiger partial charge in [-0.2, -0.15) is 0 Å². The predicted octanol–water partition coefficient (Wildman–Crippen LogP) is 6.91. The van der Waals surface area contributed by atoms with Crippen LogP contribution in [0.5, 0.6) is 0 Å². The van der Waals surface area contributed by atoms with Crippen LogP contribution < -0.4 is 0 Å². The van der Waals surface area contributed by atoms with Crippen LogP contribution in [0.2, 0.25) is 0 Å². The van der Waals surface area contributed by atoms with Gasteiger partial charge in [-0.05, 0) is 39.5 Å². The highest BCUT2D eigenvalue weighted by atomic mass is 16.5. The lowest BCUT2D eigenvalue weighted by atomic mass is 9.96. The summed E-state index contributed by atoms with van der Waals surface area (Å²) in [6, 6.07) is 0. The van der Waals surface area contributed by atoms with Crippen molar-refractivity contribution in [1.29, 1.82) is 0 Å². The summed E-state index contributed by atoms with van der Waals surface area (Å²) in [5, 5.41) is 0. The van der Waals surface area contributed by atoms with Crippen molar-refractivity contribution in [2.75, 3.05) is 13.2 Å². The Morgan fingerprint density at radius 3 is 1.18 bits per heavy atom. The fourth-order valence-corrected chi connectivity index (χ4v) is 3.35. The van der Waals surface area contributed by atoms with E-state index in [1.165, 1.54) is 38.5 Å². The van der Waals surface area contributed by atoms with E-state index < -0.39 is 0 Å². The number of unbranched alkanes of at least 4 members (excludes halogenated alkanes) is 10. The van der Waals surface area contributed by atoms with E-state index in [1.807, 2.05) is 0 Å². The number of hydrogen-bond donors (Lipinski definition) is 0. The third-order valence-electron chi connectivity index (χ3n) is 4.97. The quantitative estimate of drug-likeness (QED) is 0.143. The molecule has 0 unspecified atom stereocenters. The summed E-state index contributed by atoms with van der Waals surface area (Å²) < 4.78 is 10.5. The average Bonchev–Trinajstić information content (AvgIpc) is 2.68. The maximum Gasteiger partial charge on any atom is 0.334 e. The molecular weight excluding hydrogens is 352 g/mol. The molecule has 4 nitrogen and oxygen atoms in total. The van der Waals surface area contributed by atoms with E-state index in [9.17, 15) is 9.59 Å². The molecule has 0 rings (SSSR count). The molecule has 0 fully saturated rings. The van der Waals surface area contributed by atoms with Gasteiger partial charge in [-0.15, -0.1) is 0 Å². The lowest BCUT2D eigenvalue weighted by Gasteiger charge is -2.14. The van der Waals surface area contributed by atoms with E-state index in [0.717, 1.165) is 38.5 Å². The van der Waals surface area contributed by atoms with Crippen LogP contribution >= 0.6 is 0 Å². The highest BCUT2D eigenvalue weighted by Gasteiger charge is 2.22. The Morgan fingerprint density at radius 2 is 0.821 bits per heavy atom. The molecule has 0 aromatic heterocycles. The van der Waals surface area contributed by atoms with Crippen LogP contribution in [0, 0.1) is 0 Å². The van der Waals surface area contributed by atoms with Gasteiger partial charge in [0.1, 0.15) is 0 Å². The molecule has 0 saturated carbocycles. The molecule has 0 saturated heterocycles. The van der Waals surface area contributed by atoms with Crippen molar-refractivity contribution < 1.29 is 19.1 Å². The molecule has 0 aromatic carbocycles. The van der Waals surface area contributed by atoms with Crippen LogP contribution in [0.4, 0.5) is 0 Å². The zero-order chi connectivity index (χ0) is 21.0. The van der Waals surface area contributed by atoms with Crippen LogP contribution in [0.15, 0.2) is 11.1 Å². The minimum atomic E-state index is -0.346. The van der Waals surface area contributed by atoms with Crippen molar-refractivity contribution in [3.63, 3.8) is 0 Å². The fraction of sp³-hybridized carbons (Fsp3) is 0.833. The number of rotatable bonds is 18. The minimum Gasteiger partial charge on any atom is -0.463 e. The lowest BCUT2D eigenvalue weighted by molar-refractivity contribution is -0.142. The van der Waals surface area contributed by atoms with Crippen molar-refractivity contribution in [2.45, 2.75) is 118 Å². The molecule has 0 aliphatic carbocycles. The molecule has 0 heterocycles. The van der Waals surface area contributed by atoms with Gasteiger partial charge in [0.15, 0.2) is 0 Å². The standard InChI is InChI=1S/C24H44O4/c1-5-9-11-13-14-15-16-18-20-22(24(26)28-8-4)21(23(25)27-7-3)19-17-12-10-6-2/h5-20H2,1-4H3. The third-order valence-corrected chi connectivity index (χ3v) is 4.97. The Morgan fingerprint density at radius 1 is 0.500 bits per heavy atom. The lowest BCUT2D eigenvalue weighted by Crippen LogP contribution is -2.17. The zero-order valence-electron chi connectivity index (χ0n) is 18.9. The first-order valence-electron chi connectivity index (χ1n) is 11.7. The van der Waals surface area contributed by atoms with Gasteiger partial charge >= 0.3 is 11.9 Å². The number of ether oxygens (including phenoxy) is 2. The Hall–Kier alpha value is -1.32. The second-order valence-electron chi connectivity index (χ2n) is 7.43. The largest absolute Gasteiger partial charge is 0.463 e. The predicted molar refractivity (Wildman–Crippen MR) is 116 cm³/mol. The second-order valence-corrected chi connectivity index (χ2v) is 7.43. The fourth-order valence-electron chi connectivity index (χ4n) is 3.35. The zero-order valence-corrected chi connectivity index (χ0v) is 18.9. The molecule has 164 valence electrons. The van der Waals surface area contributed by atoms with Crippen LogP contribution in [0.1, 0.15) is 118 Å². The van der Waals surface area contributed by atoms with Gasteiger partial charge in [0.25, 0.3) is 0 Å². The Kier molecular flexibility index (Phi) is 18.1. The topological polar surface area (TPSA) is 52.6 Å². The monoisotopic (exact) mass is 396 g/mol. The molecule has 4 heteroatoms. The number of hydrogen-bond acceptors (Lipinski definition) is 4. The maximum absolute atomic E-state index is 12.5. The Bertz CT molecular complexity index is 440. The Labute approximate surface area is 173 Å². The first-order valence-corrected chi connectivity index (χ1v) is 11.7. The van der Waals surface area contributed by atoms with Crippen molar-refractivity contribution in [3.05, 3.63) is 11.1 Å². The molecule has 0 bridgehead atoms. The molecule has 0 aromatic rings. The molecule has 0 amide bonds. The molecule has 0 atom stereocenters. The molecule has 0 aliphatic rings. The van der Waals surface area contributed by atoms with Gasteiger partial charge in [-0.1, -0.05) is 78.1 Å². The first-order chi connectivity index (χ1) is 13.6. The highest BCUT2D eigenvalue weighted by molar-refractivity contribution is 6.00. The summed E-state index contributed by atoms with van der Waals surface area (Å²) in [5.41, 5.74) is 1.09. The van der Waals surface area contributed by atoms with Crippen LogP contribution in [0.3, 0.4) is 0 Å². The van der Waals surface area contributed by atoms with Crippen molar-refractivity contribution in [1.82, 2.24) is 0 Å². The minimum absolute atomic E-state index is 0.325. The average molecular weight is 397 g/mol. The van der Waals surface area contributed by atoms with Crippen molar-refractivity contribution in [3.8, 4) is 0 Å². The van der Waals surface area contributed by atoms with Crippen molar-refractivity contribution >= 4 is 11.9 Å². The van der Waals surface area contributed by atoms with Crippen molar-refractivity contribution in [2.24, 2.45) is 0 Å². The van der Waals surface area contributed by atoms with Gasteiger partial charge in [-0.25, -0.2) is 9.59 Å². The molecule has 28 heavy (non-hydrogen) atoms. The van der Waals surface area contributed by atoms with E-state index >= 15 is 0 Å². The molecular formula is C24H44O4. The van der Waals surface area contributed by atoms with E-state index in [4.69, 9.17) is 9.47 Å². The summed E-state index contributed by atoms with van der Waals surface area (Å²) in [7, 11) is 0. The molecule has 0 radical (unpaired) electrons. The third kappa shape index (κ3) is 13.0. The molecule has 0 N–H and O–H groups in total. The maximum atomic E-state index is 12.5. The normalized spacial score (nSPS) is 11.9. The number of carbonyl (C=O) groups is 2. The second kappa shape index (κ2) is 19.0. The highest BCUT2D eigenvalue weighted by Crippen LogP contribution is 2.23. The number of esters is 2. The molecule has 0 spiro atoms. The smallest absolute Gasteiger partial charge is 0.334 e. The van der Waals surface area contributed by atoms with Gasteiger partial charge in [-0.3, -0.25) is 0 Å². The SMILES string of the molecule is CCCCCCCCCCC(C(=O)OCC)=C(CCCCCC)C(=O)OCC. The van der Waals surface area contributed by atoms with Gasteiger partial charge in [0.05, 0.1) is 13.2 Å². The summed E-state index contributed by atoms with van der Waals surface area (Å²) >= 11 is 0. The van der Waals surface area contributed by atoms with E-state index in [0.29, 0.717) is 37.2 Å². The summed E-state index contributed by atoms with van der Waals surface area (Å²) in [5.74, 6) is -0.689.